The maximum atomic E-state index is 11.6. The van der Waals surface area contributed by atoms with E-state index in [0.717, 1.165) is 236 Å². The normalized spacial score (nSPS) is 12.2. The molecule has 0 radical (unpaired) electrons. The number of carbonyl (C=O) groups is 2. The second-order valence-electron chi connectivity index (χ2n) is 35.7. The summed E-state index contributed by atoms with van der Waals surface area (Å²) in [6, 6.07) is 65.8. The molecule has 8 aromatic carbocycles. The zero-order valence-corrected chi connectivity index (χ0v) is 83.6. The number of unbranched alkanes of at least 4 members (excludes halogenated alkanes) is 2. The minimum Gasteiger partial charge on any atom is -0.507 e. The van der Waals surface area contributed by atoms with E-state index in [1.165, 1.54) is 90.7 Å². The Bertz CT molecular complexity index is 6600. The summed E-state index contributed by atoms with van der Waals surface area (Å²) >= 11 is 0. The molecule has 2 aliphatic heterocycles. The maximum absolute atomic E-state index is 11.6. The summed E-state index contributed by atoms with van der Waals surface area (Å²) in [7, 11) is 0. The second-order valence-corrected chi connectivity index (χ2v) is 35.7. The van der Waals surface area contributed by atoms with Gasteiger partial charge in [-0.2, -0.15) is 19.9 Å². The van der Waals surface area contributed by atoms with Gasteiger partial charge < -0.3 is 75.9 Å². The lowest BCUT2D eigenvalue weighted by atomic mass is 10.00. The fraction of sp³-hybridized carbons (Fsp3) is 0.321. The summed E-state index contributed by atoms with van der Waals surface area (Å²) in [5.74, 6) is 5.40. The first-order valence-electron chi connectivity index (χ1n) is 48.5. The lowest BCUT2D eigenvalue weighted by molar-refractivity contribution is -0.127. The summed E-state index contributed by atoms with van der Waals surface area (Å²) in [6.07, 6.45) is 14.9. The molecule has 18 N–H and O–H groups in total. The number of aryl methyl sites for hydroxylation is 10. The SMILES string of the molecule is CCCCCNc1cc(-c2cccc(C)c2C)nc(N)n1.CCc1cc(-c2cc(C)c(O)c(C)c2)nc(N)n1.Cc1cccc(-c2cc(CCCN3CCNC3=O)nc(N)n2)c1C.Cc1cccc(-c2cc(NCCC3=CCc4ccccc43)nc(N)n2)c1C.Cc1cccc(-c2cc(NCCCN3CCCC3=O)nc(N)n2)c1C.Cc1cccc(-c2cc(NCCCc3ccccc3)nc(N)n2)c1C. The van der Waals surface area contributed by atoms with Crippen LogP contribution in [0.5, 0.6) is 5.75 Å². The van der Waals surface area contributed by atoms with Crippen LogP contribution >= 0.6 is 0 Å². The van der Waals surface area contributed by atoms with Crippen molar-refractivity contribution in [1.82, 2.24) is 74.9 Å². The molecule has 728 valence electrons. The number of nitrogens with two attached hydrogens (primary N) is 6. The number of hydrogen-bond donors (Lipinski definition) is 12. The molecule has 3 aliphatic rings. The summed E-state index contributed by atoms with van der Waals surface area (Å²) in [5, 5.41) is 26.0. The van der Waals surface area contributed by atoms with Crippen LogP contribution < -0.4 is 61.0 Å². The van der Waals surface area contributed by atoms with E-state index in [1.54, 1.807) is 0 Å². The molecule has 3 amide bonds. The highest BCUT2D eigenvalue weighted by molar-refractivity contribution is 5.79. The highest BCUT2D eigenvalue weighted by Crippen LogP contribution is 2.35. The third-order valence-electron chi connectivity index (χ3n) is 25.5. The highest BCUT2D eigenvalue weighted by Gasteiger charge is 2.23. The lowest BCUT2D eigenvalue weighted by Crippen LogP contribution is -2.29. The first kappa shape index (κ1) is 103. The van der Waals surface area contributed by atoms with E-state index in [4.69, 9.17) is 34.4 Å². The Balaban J connectivity index is 0.000000151. The number of aromatic hydroxyl groups is 1. The van der Waals surface area contributed by atoms with E-state index in [1.807, 2.05) is 122 Å². The topological polar surface area (TPSA) is 432 Å². The fourth-order valence-corrected chi connectivity index (χ4v) is 16.9. The quantitative estimate of drug-likeness (QED) is 0.0186. The maximum Gasteiger partial charge on any atom is 0.317 e. The number of fused-ring (bicyclic) bond motifs is 1. The molecule has 28 heteroatoms. The predicted octanol–water partition coefficient (Wildman–Crippen LogP) is 20.8. The number of nitrogens with one attached hydrogen (secondary N) is 5. The number of nitrogens with zero attached hydrogens (tertiary/aromatic N) is 14. The number of amides is 3. The van der Waals surface area contributed by atoms with E-state index < -0.39 is 0 Å². The molecule has 2 saturated heterocycles. The number of phenolic OH excluding ortho intramolecular Hbond substituents is 1. The molecule has 6 aromatic heterocycles. The molecule has 0 spiro atoms. The number of anilines is 10. The summed E-state index contributed by atoms with van der Waals surface area (Å²) in [5.41, 5.74) is 68.0. The number of hydrogen-bond acceptors (Lipinski definition) is 25. The van der Waals surface area contributed by atoms with Crippen LogP contribution in [0.3, 0.4) is 0 Å². The van der Waals surface area contributed by atoms with Crippen molar-refractivity contribution < 1.29 is 14.7 Å². The number of carbonyl (C=O) groups excluding carboxylic acids is 2. The average molecular weight is 1880 g/mol. The first-order valence-corrected chi connectivity index (χ1v) is 48.5. The molecule has 1 aliphatic carbocycles. The molecule has 0 unspecified atom stereocenters. The first-order chi connectivity index (χ1) is 67.4. The standard InChI is InChI=1S/C23H24N4.C21H24N4.C19H25N5O.C18H23N5O.C17H24N4.C14H17N3O/c1-15-6-5-9-19(16(15)2)21-14-22(27-23(24)26-21)25-13-12-18-11-10-17-7-3-4-8-20(17)18;1-15-8-6-12-18(16(15)2)19-14-20(25-21(22)24-19)23-13-7-11-17-9-4-3-5-10-17;1-13-6-3-7-15(14(13)2)16-12-17(23-19(20)22-16)21-9-5-11-24-10-4-8-18(24)25;1-12-5-3-7-15(13(12)2)16-11-14(21-17(19)22-16)6-4-9-23-10-8-20-18(23)24;1-4-5-6-10-19-16-11-15(20-17(18)21-16)14-9-7-8-12(2)13(14)3;1-4-11-7-12(17-14(15)16-11)10-5-8(2)13(18)9(3)6-10/h3-9,11,14H,10,12-13H2,1-2H3,(H3,24,25,26,27);3-6,8-10,12,14H,7,11,13H2,1-2H3,(H3,22,23,24,25);3,6-7,12H,4-5,8-11H2,1-2H3,(H3,20,21,22,23);3,5,7,11H,4,6,8-10H2,1-2H3,(H,20,24)(H2,19,21,22);7-9,11H,4-6,10H2,1-3H3,(H3,18,19,20,21);5-7,18H,4H2,1-3H3,(H2,15,16,17). The van der Waals surface area contributed by atoms with Crippen LogP contribution in [-0.4, -0.2) is 146 Å². The van der Waals surface area contributed by atoms with Crippen molar-refractivity contribution in [1.29, 1.82) is 0 Å². The summed E-state index contributed by atoms with van der Waals surface area (Å²) in [4.78, 5) is 78.9. The Labute approximate surface area is 824 Å². The van der Waals surface area contributed by atoms with Crippen LogP contribution in [0.15, 0.2) is 200 Å². The molecule has 17 rings (SSSR count). The molecule has 140 heavy (non-hydrogen) atoms. The number of benzene rings is 8. The third-order valence-corrected chi connectivity index (χ3v) is 25.5. The number of likely N-dealkylation sites (tertiary alicyclic amines) is 1. The molecular weight excluding hydrogens is 1740 g/mol. The van der Waals surface area contributed by atoms with Gasteiger partial charge in [0, 0.05) is 134 Å². The minimum absolute atomic E-state index is 0.0216. The van der Waals surface area contributed by atoms with Gasteiger partial charge in [-0.15, -0.1) is 0 Å². The van der Waals surface area contributed by atoms with Gasteiger partial charge in [-0.3, -0.25) is 4.79 Å². The predicted molar refractivity (Wildman–Crippen MR) is 574 cm³/mol. The van der Waals surface area contributed by atoms with Gasteiger partial charge in [-0.25, -0.2) is 44.7 Å². The smallest absolute Gasteiger partial charge is 0.317 e. The van der Waals surface area contributed by atoms with Crippen molar-refractivity contribution in [3.8, 4) is 73.3 Å². The van der Waals surface area contributed by atoms with Gasteiger partial charge in [-0.1, -0.05) is 178 Å². The van der Waals surface area contributed by atoms with Crippen molar-refractivity contribution in [2.45, 2.75) is 180 Å². The van der Waals surface area contributed by atoms with Gasteiger partial charge >= 0.3 is 6.03 Å². The number of allylic oxidation sites excluding steroid dienone is 1. The molecule has 14 aromatic rings. The molecule has 2 fully saturated rings. The fourth-order valence-electron chi connectivity index (χ4n) is 16.9. The Kier molecular flexibility index (Phi) is 37.4. The number of nitrogen functional groups attached to an aromatic ring is 6. The summed E-state index contributed by atoms with van der Waals surface area (Å²) in [6.45, 7) is 36.2. The Morgan fingerprint density at radius 1 is 0.357 bits per heavy atom. The van der Waals surface area contributed by atoms with Crippen molar-refractivity contribution in [2.24, 2.45) is 0 Å². The van der Waals surface area contributed by atoms with Gasteiger partial charge in [0.05, 0.1) is 34.2 Å². The van der Waals surface area contributed by atoms with E-state index in [2.05, 4.69) is 272 Å². The highest BCUT2D eigenvalue weighted by atomic mass is 16.3. The van der Waals surface area contributed by atoms with Crippen LogP contribution in [0.1, 0.15) is 166 Å². The Hall–Kier alpha value is -15.5. The van der Waals surface area contributed by atoms with E-state index in [0.29, 0.717) is 36.0 Å². The zero-order valence-electron chi connectivity index (χ0n) is 83.6. The van der Waals surface area contributed by atoms with Gasteiger partial charge in [0.1, 0.15) is 29.0 Å². The molecule has 0 atom stereocenters. The van der Waals surface area contributed by atoms with E-state index >= 15 is 0 Å². The van der Waals surface area contributed by atoms with Crippen LogP contribution in [0.4, 0.5) is 63.8 Å². The van der Waals surface area contributed by atoms with Crippen molar-refractivity contribution >= 4 is 76.5 Å². The second kappa shape index (κ2) is 50.6. The van der Waals surface area contributed by atoms with Gasteiger partial charge in [0.15, 0.2) is 0 Å². The molecule has 0 bridgehead atoms. The van der Waals surface area contributed by atoms with Crippen LogP contribution in [-0.2, 0) is 30.5 Å². The minimum atomic E-state index is 0.0216. The van der Waals surface area contributed by atoms with Crippen LogP contribution in [0.25, 0.3) is 73.1 Å². The summed E-state index contributed by atoms with van der Waals surface area (Å²) < 4.78 is 0. The molecule has 28 nitrogen and oxygen atoms in total. The van der Waals surface area contributed by atoms with Crippen molar-refractivity contribution in [2.75, 3.05) is 115 Å². The zero-order chi connectivity index (χ0) is 99.9. The van der Waals surface area contributed by atoms with Gasteiger partial charge in [0.2, 0.25) is 41.6 Å². The number of aromatic nitrogens is 12. The van der Waals surface area contributed by atoms with Gasteiger partial charge in [0.25, 0.3) is 0 Å². The lowest BCUT2D eigenvalue weighted by Gasteiger charge is -2.15. The third kappa shape index (κ3) is 29.3. The van der Waals surface area contributed by atoms with Crippen molar-refractivity contribution in [3.05, 3.63) is 295 Å². The number of urea groups is 1. The Morgan fingerprint density at radius 3 is 1.19 bits per heavy atom. The largest absolute Gasteiger partial charge is 0.507 e. The van der Waals surface area contributed by atoms with Gasteiger partial charge in [-0.05, 0) is 261 Å². The molecular formula is C112H137N25O3. The van der Waals surface area contributed by atoms with E-state index in [-0.39, 0.29) is 23.8 Å². The average Bonchev–Trinajstić information content (AvgIpc) is 0.878. The van der Waals surface area contributed by atoms with E-state index in [9.17, 15) is 14.7 Å². The molecule has 8 heterocycles. The van der Waals surface area contributed by atoms with Crippen molar-refractivity contribution in [3.63, 3.8) is 0 Å². The Morgan fingerprint density at radius 2 is 0.750 bits per heavy atom. The van der Waals surface area contributed by atoms with Crippen LogP contribution in [0.2, 0.25) is 0 Å². The molecule has 0 saturated carbocycles. The number of rotatable bonds is 30. The van der Waals surface area contributed by atoms with Crippen LogP contribution in [0, 0.1) is 83.1 Å². The monoisotopic (exact) mass is 1880 g/mol. The number of phenols is 1.